The quantitative estimate of drug-likeness (QED) is 0.441. The summed E-state index contributed by atoms with van der Waals surface area (Å²) in [4.78, 5) is 11.1. The molecule has 36 heavy (non-hydrogen) atoms. The first-order valence-corrected chi connectivity index (χ1v) is 12.2. The summed E-state index contributed by atoms with van der Waals surface area (Å²) in [7, 11) is 1.69. The number of aryl methyl sites for hydroxylation is 2. The predicted molar refractivity (Wildman–Crippen MR) is 132 cm³/mol. The van der Waals surface area contributed by atoms with E-state index in [-0.39, 0.29) is 24.9 Å². The average molecular weight is 520 g/mol. The van der Waals surface area contributed by atoms with Crippen molar-refractivity contribution >= 4 is 17.4 Å². The first kappa shape index (κ1) is 24.9. The zero-order chi connectivity index (χ0) is 25.6. The highest BCUT2D eigenvalue weighted by atomic mass is 35.5. The maximum absolute atomic E-state index is 14.9. The summed E-state index contributed by atoms with van der Waals surface area (Å²) in [5, 5.41) is 7.49. The summed E-state index contributed by atoms with van der Waals surface area (Å²) in [6, 6.07) is 4.14. The summed E-state index contributed by atoms with van der Waals surface area (Å²) in [6.45, 7) is 6.74. The van der Waals surface area contributed by atoms with Crippen molar-refractivity contribution in [3.63, 3.8) is 0 Å². The molecule has 8 nitrogen and oxygen atoms in total. The molecule has 0 amide bonds. The SMILES string of the molecule is Cc1noc(C)c1-c1nc(-c2cc(OC[C@H]3CO3)ccc2Cl)nc(NC2CCN(C)CC2(F)F)c1C. The Bertz CT molecular complexity index is 1260. The number of aromatic nitrogens is 3. The lowest BCUT2D eigenvalue weighted by atomic mass is 10.00. The van der Waals surface area contributed by atoms with Crippen molar-refractivity contribution in [3.05, 3.63) is 40.2 Å². The minimum absolute atomic E-state index is 0.0953. The van der Waals surface area contributed by atoms with Crippen LogP contribution in [-0.2, 0) is 4.74 Å². The molecule has 1 unspecified atom stereocenters. The Hall–Kier alpha value is -2.82. The zero-order valence-corrected chi connectivity index (χ0v) is 21.3. The Morgan fingerprint density at radius 2 is 2.03 bits per heavy atom. The Morgan fingerprint density at radius 3 is 2.69 bits per heavy atom. The molecule has 4 heterocycles. The number of piperidine rings is 1. The fraction of sp³-hybridized carbons (Fsp3) is 0.480. The fourth-order valence-corrected chi connectivity index (χ4v) is 4.62. The number of halogens is 3. The molecule has 2 atom stereocenters. The molecule has 0 spiro atoms. The summed E-state index contributed by atoms with van der Waals surface area (Å²) in [5.41, 5.74) is 3.03. The van der Waals surface area contributed by atoms with Crippen molar-refractivity contribution < 1.29 is 22.8 Å². The second-order valence-electron chi connectivity index (χ2n) is 9.46. The maximum atomic E-state index is 14.9. The van der Waals surface area contributed by atoms with Gasteiger partial charge in [-0.2, -0.15) is 0 Å². The van der Waals surface area contributed by atoms with Crippen molar-refractivity contribution in [2.24, 2.45) is 0 Å². The van der Waals surface area contributed by atoms with Crippen LogP contribution >= 0.6 is 11.6 Å². The number of hydrogen-bond donors (Lipinski definition) is 1. The smallest absolute Gasteiger partial charge is 0.280 e. The van der Waals surface area contributed by atoms with Gasteiger partial charge in [-0.3, -0.25) is 0 Å². The fourth-order valence-electron chi connectivity index (χ4n) is 4.41. The van der Waals surface area contributed by atoms with Crippen LogP contribution in [-0.4, -0.2) is 71.4 Å². The number of anilines is 1. The lowest BCUT2D eigenvalue weighted by molar-refractivity contribution is -0.0674. The van der Waals surface area contributed by atoms with E-state index in [1.165, 1.54) is 0 Å². The lowest BCUT2D eigenvalue weighted by Gasteiger charge is -2.37. The number of rotatable bonds is 7. The monoisotopic (exact) mass is 519 g/mol. The van der Waals surface area contributed by atoms with Crippen LogP contribution in [0.5, 0.6) is 5.75 Å². The van der Waals surface area contributed by atoms with Crippen LogP contribution in [0.1, 0.15) is 23.4 Å². The first-order valence-electron chi connectivity index (χ1n) is 11.8. The third-order valence-electron chi connectivity index (χ3n) is 6.53. The molecule has 0 saturated carbocycles. The van der Waals surface area contributed by atoms with Crippen LogP contribution < -0.4 is 10.1 Å². The van der Waals surface area contributed by atoms with E-state index in [4.69, 9.17) is 30.6 Å². The minimum atomic E-state index is -2.93. The molecule has 2 saturated heterocycles. The standard InChI is InChI=1S/C25H28ClF2N5O3/c1-13-22(21-14(2)32-36-15(21)3)30-24(18-9-16(5-6-19(18)26)34-10-17-11-35-17)31-23(13)29-20-7-8-33(4)12-25(20,27)28/h5-6,9,17,20H,7-8,10-12H2,1-4H3,(H,29,30,31)/t17-,20?/m0/s1. The van der Waals surface area contributed by atoms with E-state index in [1.807, 2.05) is 6.92 Å². The van der Waals surface area contributed by atoms with Gasteiger partial charge in [0.05, 0.1) is 41.2 Å². The molecule has 0 bridgehead atoms. The van der Waals surface area contributed by atoms with E-state index in [2.05, 4.69) is 15.5 Å². The van der Waals surface area contributed by atoms with Gasteiger partial charge in [-0.15, -0.1) is 0 Å². The molecule has 0 radical (unpaired) electrons. The van der Waals surface area contributed by atoms with Crippen molar-refractivity contribution in [2.75, 3.05) is 38.7 Å². The Labute approximate surface area is 212 Å². The third-order valence-corrected chi connectivity index (χ3v) is 6.86. The molecule has 3 aromatic rings. The number of benzene rings is 1. The molecule has 2 fully saturated rings. The molecule has 1 N–H and O–H groups in total. The molecule has 5 rings (SSSR count). The Balaban J connectivity index is 1.59. The highest BCUT2D eigenvalue weighted by Gasteiger charge is 2.44. The van der Waals surface area contributed by atoms with Gasteiger partial charge in [0.15, 0.2) is 5.82 Å². The normalized spacial score (nSPS) is 21.4. The number of nitrogens with zero attached hydrogens (tertiary/aromatic N) is 4. The molecule has 1 aromatic carbocycles. The predicted octanol–water partition coefficient (Wildman–Crippen LogP) is 4.91. The second-order valence-corrected chi connectivity index (χ2v) is 9.87. The van der Waals surface area contributed by atoms with Gasteiger partial charge in [0.1, 0.15) is 30.0 Å². The van der Waals surface area contributed by atoms with Gasteiger partial charge in [0, 0.05) is 17.7 Å². The molecular weight excluding hydrogens is 492 g/mol. The van der Waals surface area contributed by atoms with Crippen LogP contribution in [0.2, 0.25) is 5.02 Å². The molecule has 11 heteroatoms. The Kier molecular flexibility index (Phi) is 6.61. The van der Waals surface area contributed by atoms with Gasteiger partial charge >= 0.3 is 0 Å². The largest absolute Gasteiger partial charge is 0.491 e. The van der Waals surface area contributed by atoms with E-state index >= 15 is 0 Å². The third kappa shape index (κ3) is 5.02. The number of ether oxygens (including phenoxy) is 2. The number of epoxide rings is 1. The van der Waals surface area contributed by atoms with Crippen LogP contribution in [0.3, 0.4) is 0 Å². The van der Waals surface area contributed by atoms with E-state index in [0.29, 0.717) is 70.2 Å². The van der Waals surface area contributed by atoms with Crippen molar-refractivity contribution in [1.29, 1.82) is 0 Å². The zero-order valence-electron chi connectivity index (χ0n) is 20.6. The molecule has 0 aliphatic carbocycles. The van der Waals surface area contributed by atoms with Gasteiger partial charge in [0.25, 0.3) is 5.92 Å². The molecule has 192 valence electrons. The van der Waals surface area contributed by atoms with Crippen LogP contribution in [0.25, 0.3) is 22.6 Å². The van der Waals surface area contributed by atoms with Crippen molar-refractivity contribution in [1.82, 2.24) is 20.0 Å². The molecule has 2 aromatic heterocycles. The topological polar surface area (TPSA) is 88.8 Å². The highest BCUT2D eigenvalue weighted by molar-refractivity contribution is 6.33. The summed E-state index contributed by atoms with van der Waals surface area (Å²) >= 11 is 6.55. The van der Waals surface area contributed by atoms with Gasteiger partial charge in [-0.1, -0.05) is 16.8 Å². The average Bonchev–Trinajstić information content (AvgIpc) is 3.59. The van der Waals surface area contributed by atoms with Crippen molar-refractivity contribution in [2.45, 2.75) is 45.3 Å². The molecule has 2 aliphatic rings. The Morgan fingerprint density at radius 1 is 1.25 bits per heavy atom. The molecule has 2 aliphatic heterocycles. The number of likely N-dealkylation sites (tertiary alicyclic amines) is 1. The number of hydrogen-bond acceptors (Lipinski definition) is 8. The minimum Gasteiger partial charge on any atom is -0.491 e. The first-order chi connectivity index (χ1) is 17.1. The van der Waals surface area contributed by atoms with Gasteiger partial charge < -0.3 is 24.2 Å². The van der Waals surface area contributed by atoms with Crippen LogP contribution in [0, 0.1) is 20.8 Å². The number of alkyl halides is 2. The van der Waals surface area contributed by atoms with E-state index < -0.39 is 12.0 Å². The van der Waals surface area contributed by atoms with Gasteiger partial charge in [-0.05, 0) is 52.4 Å². The highest BCUT2D eigenvalue weighted by Crippen LogP contribution is 2.37. The van der Waals surface area contributed by atoms with Gasteiger partial charge in [-0.25, -0.2) is 18.7 Å². The van der Waals surface area contributed by atoms with Gasteiger partial charge in [0.2, 0.25) is 0 Å². The lowest BCUT2D eigenvalue weighted by Crippen LogP contribution is -2.53. The van der Waals surface area contributed by atoms with E-state index in [1.54, 1.807) is 44.0 Å². The van der Waals surface area contributed by atoms with E-state index in [0.717, 1.165) is 0 Å². The number of nitrogens with one attached hydrogen (secondary N) is 1. The van der Waals surface area contributed by atoms with Crippen LogP contribution in [0.15, 0.2) is 22.7 Å². The summed E-state index contributed by atoms with van der Waals surface area (Å²) in [6.07, 6.45) is 0.369. The second kappa shape index (κ2) is 9.57. The summed E-state index contributed by atoms with van der Waals surface area (Å²) < 4.78 is 46.2. The van der Waals surface area contributed by atoms with Crippen molar-refractivity contribution in [3.8, 4) is 28.4 Å². The van der Waals surface area contributed by atoms with Crippen LogP contribution in [0.4, 0.5) is 14.6 Å². The van der Waals surface area contributed by atoms with E-state index in [9.17, 15) is 8.78 Å². The molecular formula is C25H28ClF2N5O3. The summed E-state index contributed by atoms with van der Waals surface area (Å²) in [5.74, 6) is -1.16. The maximum Gasteiger partial charge on any atom is 0.280 e.